The van der Waals surface area contributed by atoms with Crippen LogP contribution in [-0.2, 0) is 0 Å². The highest BCUT2D eigenvalue weighted by Crippen LogP contribution is 2.48. The molecule has 0 bridgehead atoms. The van der Waals surface area contributed by atoms with E-state index in [0.29, 0.717) is 0 Å². The van der Waals surface area contributed by atoms with Crippen molar-refractivity contribution in [3.8, 4) is 50.2 Å². The van der Waals surface area contributed by atoms with Gasteiger partial charge >= 0.3 is 0 Å². The van der Waals surface area contributed by atoms with E-state index in [1.165, 1.54) is 82.3 Å². The Kier molecular flexibility index (Phi) is 9.20. The van der Waals surface area contributed by atoms with E-state index < -0.39 is 0 Å². The smallest absolute Gasteiger partial charge is 0.0619 e. The average molecular weight is 815 g/mol. The lowest BCUT2D eigenvalue weighted by molar-refractivity contribution is 1.18. The highest BCUT2D eigenvalue weighted by molar-refractivity contribution is 6.22. The summed E-state index contributed by atoms with van der Waals surface area (Å²) >= 11 is 0. The van der Waals surface area contributed by atoms with Crippen LogP contribution in [0.2, 0.25) is 0 Å². The van der Waals surface area contributed by atoms with Crippen LogP contribution in [-0.4, -0.2) is 4.57 Å². The predicted octanol–water partition coefficient (Wildman–Crippen LogP) is 17.2. The topological polar surface area (TPSA) is 8.17 Å². The molecule has 12 rings (SSSR count). The Morgan fingerprint density at radius 3 is 1.45 bits per heavy atom. The molecule has 11 aromatic carbocycles. The molecule has 0 spiro atoms. The van der Waals surface area contributed by atoms with Gasteiger partial charge in [0.15, 0.2) is 0 Å². The molecule has 0 unspecified atom stereocenters. The molecule has 1 heterocycles. The first-order chi connectivity index (χ1) is 31.8. The Labute approximate surface area is 373 Å². The molecular formula is C62H42N2. The van der Waals surface area contributed by atoms with E-state index in [-0.39, 0.29) is 0 Å². The molecule has 0 saturated heterocycles. The standard InChI is InChI=1S/C62H42N2/c1-5-19-43(20-6-1)44-35-37-49(38-36-44)63(50-28-17-25-47(41-50)52-32-18-33-57-55-30-15-16-34-59(55)64(62(52)57)48-26-11-4-12-27-48)51-39-40-54-53-29-13-14-31-56(53)60(45-21-7-2-8-22-45)61(58(54)42-51)46-23-9-3-10-24-46/h1-42H. The number of rotatable bonds is 8. The molecule has 0 aliphatic carbocycles. The summed E-state index contributed by atoms with van der Waals surface area (Å²) in [5.41, 5.74) is 16.4. The zero-order valence-electron chi connectivity index (χ0n) is 35.1. The molecule has 0 N–H and O–H groups in total. The lowest BCUT2D eigenvalue weighted by Crippen LogP contribution is -2.10. The first kappa shape index (κ1) is 37.3. The lowest BCUT2D eigenvalue weighted by atomic mass is 9.85. The third kappa shape index (κ3) is 6.35. The number of hydrogen-bond acceptors (Lipinski definition) is 1. The quantitative estimate of drug-likeness (QED) is 0.139. The van der Waals surface area contributed by atoms with Crippen molar-refractivity contribution < 1.29 is 0 Å². The molecule has 2 nitrogen and oxygen atoms in total. The van der Waals surface area contributed by atoms with Gasteiger partial charge in [-0.05, 0) is 115 Å². The first-order valence-electron chi connectivity index (χ1n) is 22.0. The molecule has 12 aromatic rings. The van der Waals surface area contributed by atoms with Gasteiger partial charge in [0.05, 0.1) is 11.0 Å². The van der Waals surface area contributed by atoms with Gasteiger partial charge in [0.25, 0.3) is 0 Å². The monoisotopic (exact) mass is 814 g/mol. The highest BCUT2D eigenvalue weighted by atomic mass is 15.1. The summed E-state index contributed by atoms with van der Waals surface area (Å²) in [6, 6.07) is 92.7. The van der Waals surface area contributed by atoms with Gasteiger partial charge in [-0.2, -0.15) is 0 Å². The van der Waals surface area contributed by atoms with Gasteiger partial charge < -0.3 is 9.47 Å². The van der Waals surface area contributed by atoms with Crippen LogP contribution in [0.3, 0.4) is 0 Å². The average Bonchev–Trinajstić information content (AvgIpc) is 3.72. The number of aromatic nitrogens is 1. The van der Waals surface area contributed by atoms with Crippen LogP contribution in [0.1, 0.15) is 0 Å². The van der Waals surface area contributed by atoms with E-state index in [2.05, 4.69) is 264 Å². The SMILES string of the molecule is c1ccc(-c2ccc(N(c3cccc(-c4cccc5c6ccccc6n(-c6ccccc6)c45)c3)c3ccc4c(c3)c(-c3ccccc3)c(-c3ccccc3)c3ccccc34)cc2)cc1. The number of anilines is 3. The van der Waals surface area contributed by atoms with Crippen molar-refractivity contribution in [2.45, 2.75) is 0 Å². The van der Waals surface area contributed by atoms with Crippen LogP contribution < -0.4 is 4.90 Å². The van der Waals surface area contributed by atoms with Gasteiger partial charge in [-0.15, -0.1) is 0 Å². The van der Waals surface area contributed by atoms with Crippen LogP contribution in [0.5, 0.6) is 0 Å². The highest BCUT2D eigenvalue weighted by Gasteiger charge is 2.22. The van der Waals surface area contributed by atoms with Gasteiger partial charge in [-0.3, -0.25) is 0 Å². The second kappa shape index (κ2) is 15.8. The minimum atomic E-state index is 1.08. The summed E-state index contributed by atoms with van der Waals surface area (Å²) in [5, 5.41) is 7.40. The molecular weight excluding hydrogens is 773 g/mol. The Morgan fingerprint density at radius 2 is 0.750 bits per heavy atom. The van der Waals surface area contributed by atoms with Gasteiger partial charge in [0, 0.05) is 39.1 Å². The Morgan fingerprint density at radius 1 is 0.266 bits per heavy atom. The summed E-state index contributed by atoms with van der Waals surface area (Å²) in [7, 11) is 0. The number of benzene rings is 11. The third-order valence-electron chi connectivity index (χ3n) is 12.7. The summed E-state index contributed by atoms with van der Waals surface area (Å²) in [6.07, 6.45) is 0. The van der Waals surface area contributed by atoms with E-state index in [0.717, 1.165) is 28.3 Å². The molecule has 0 amide bonds. The van der Waals surface area contributed by atoms with Gasteiger partial charge in [-0.25, -0.2) is 0 Å². The fourth-order valence-corrected chi connectivity index (χ4v) is 9.92. The Hall–Kier alpha value is -8.46. The molecule has 64 heavy (non-hydrogen) atoms. The van der Waals surface area contributed by atoms with Crippen LogP contribution in [0.4, 0.5) is 17.1 Å². The Balaban J connectivity index is 1.11. The van der Waals surface area contributed by atoms with E-state index in [1.54, 1.807) is 0 Å². The minimum absolute atomic E-state index is 1.08. The van der Waals surface area contributed by atoms with E-state index in [9.17, 15) is 0 Å². The van der Waals surface area contributed by atoms with Gasteiger partial charge in [0.2, 0.25) is 0 Å². The van der Waals surface area contributed by atoms with E-state index in [4.69, 9.17) is 0 Å². The number of para-hydroxylation sites is 3. The van der Waals surface area contributed by atoms with Crippen LogP contribution in [0, 0.1) is 0 Å². The molecule has 300 valence electrons. The maximum Gasteiger partial charge on any atom is 0.0619 e. The fourth-order valence-electron chi connectivity index (χ4n) is 9.92. The molecule has 0 fully saturated rings. The summed E-state index contributed by atoms with van der Waals surface area (Å²) in [5.74, 6) is 0. The van der Waals surface area contributed by atoms with Crippen LogP contribution in [0.25, 0.3) is 93.5 Å². The molecule has 0 saturated carbocycles. The number of nitrogens with zero attached hydrogens (tertiary/aromatic N) is 2. The molecule has 1 aromatic heterocycles. The van der Waals surface area contributed by atoms with Gasteiger partial charge in [0.1, 0.15) is 0 Å². The Bertz CT molecular complexity index is 3630. The zero-order valence-corrected chi connectivity index (χ0v) is 35.1. The number of fused-ring (bicyclic) bond motifs is 6. The maximum atomic E-state index is 2.43. The van der Waals surface area contributed by atoms with Crippen molar-refractivity contribution in [3.05, 3.63) is 255 Å². The minimum Gasteiger partial charge on any atom is -0.310 e. The second-order valence-electron chi connectivity index (χ2n) is 16.4. The van der Waals surface area contributed by atoms with E-state index in [1.807, 2.05) is 0 Å². The largest absolute Gasteiger partial charge is 0.310 e. The van der Waals surface area contributed by atoms with Gasteiger partial charge in [-0.1, -0.05) is 200 Å². The van der Waals surface area contributed by atoms with Crippen molar-refractivity contribution in [1.82, 2.24) is 4.57 Å². The number of hydrogen-bond donors (Lipinski definition) is 0. The van der Waals surface area contributed by atoms with Crippen molar-refractivity contribution in [3.63, 3.8) is 0 Å². The normalized spacial score (nSPS) is 11.4. The van der Waals surface area contributed by atoms with Crippen molar-refractivity contribution in [2.24, 2.45) is 0 Å². The molecule has 0 radical (unpaired) electrons. The maximum absolute atomic E-state index is 2.43. The van der Waals surface area contributed by atoms with Crippen LogP contribution >= 0.6 is 0 Å². The fraction of sp³-hybridized carbons (Fsp3) is 0. The summed E-state index contributed by atoms with van der Waals surface area (Å²) < 4.78 is 2.43. The van der Waals surface area contributed by atoms with Crippen molar-refractivity contribution >= 4 is 60.4 Å². The van der Waals surface area contributed by atoms with E-state index >= 15 is 0 Å². The molecule has 2 heteroatoms. The van der Waals surface area contributed by atoms with Crippen molar-refractivity contribution in [1.29, 1.82) is 0 Å². The summed E-state index contributed by atoms with van der Waals surface area (Å²) in [4.78, 5) is 2.43. The zero-order chi connectivity index (χ0) is 42.4. The first-order valence-corrected chi connectivity index (χ1v) is 22.0. The molecule has 0 aliphatic rings. The summed E-state index contributed by atoms with van der Waals surface area (Å²) in [6.45, 7) is 0. The molecule has 0 atom stereocenters. The van der Waals surface area contributed by atoms with Crippen LogP contribution in [0.15, 0.2) is 255 Å². The second-order valence-corrected chi connectivity index (χ2v) is 16.4. The third-order valence-corrected chi connectivity index (χ3v) is 12.7. The van der Waals surface area contributed by atoms with Crippen molar-refractivity contribution in [2.75, 3.05) is 4.90 Å². The predicted molar refractivity (Wildman–Crippen MR) is 272 cm³/mol. The molecule has 0 aliphatic heterocycles. The lowest BCUT2D eigenvalue weighted by Gasteiger charge is -2.27.